The lowest BCUT2D eigenvalue weighted by atomic mass is 9.93. The van der Waals surface area contributed by atoms with E-state index >= 15 is 0 Å². The van der Waals surface area contributed by atoms with E-state index in [9.17, 15) is 9.90 Å². The summed E-state index contributed by atoms with van der Waals surface area (Å²) in [5.41, 5.74) is 0.0542. The number of nitrogens with zero attached hydrogens (tertiary/aromatic N) is 5. The molecule has 1 aliphatic rings. The largest absolute Gasteiger partial charge is 0.386 e. The standard InChI is InChI=1S/C17H24N6O2/c1-22-14(6-10-21-22)4-5-15(24)20-12-17(25)7-2-11-23(13-17)16-18-8-3-9-19-16/h3,6,8-10,25H,2,4-5,7,11-13H2,1H3,(H,20,24)/t17-/m0/s1. The average molecular weight is 344 g/mol. The van der Waals surface area contributed by atoms with Gasteiger partial charge in [0.2, 0.25) is 11.9 Å². The van der Waals surface area contributed by atoms with Gasteiger partial charge in [-0.1, -0.05) is 0 Å². The van der Waals surface area contributed by atoms with Crippen LogP contribution in [0.4, 0.5) is 5.95 Å². The molecule has 2 aromatic rings. The number of rotatable bonds is 6. The summed E-state index contributed by atoms with van der Waals surface area (Å²) in [6.07, 6.45) is 7.59. The molecule has 2 N–H and O–H groups in total. The van der Waals surface area contributed by atoms with Crippen LogP contribution < -0.4 is 10.2 Å². The second kappa shape index (κ2) is 7.60. The van der Waals surface area contributed by atoms with Gasteiger partial charge in [0.05, 0.1) is 12.1 Å². The number of carbonyl (C=O) groups excluding carboxylic acids is 1. The molecule has 1 saturated heterocycles. The number of aryl methyl sites for hydroxylation is 2. The molecule has 1 fully saturated rings. The van der Waals surface area contributed by atoms with E-state index < -0.39 is 5.60 Å². The zero-order valence-corrected chi connectivity index (χ0v) is 14.4. The van der Waals surface area contributed by atoms with Crippen LogP contribution in [0.1, 0.15) is 25.0 Å². The molecule has 2 aromatic heterocycles. The Morgan fingerprint density at radius 1 is 1.36 bits per heavy atom. The summed E-state index contributed by atoms with van der Waals surface area (Å²) in [6.45, 7) is 1.46. The molecule has 1 amide bonds. The number of amides is 1. The number of carbonyl (C=O) groups is 1. The number of aliphatic hydroxyl groups is 1. The summed E-state index contributed by atoms with van der Waals surface area (Å²) in [4.78, 5) is 22.5. The normalized spacial score (nSPS) is 20.5. The van der Waals surface area contributed by atoms with Crippen LogP contribution in [-0.2, 0) is 18.3 Å². The first kappa shape index (κ1) is 17.3. The van der Waals surface area contributed by atoms with Crippen molar-refractivity contribution in [3.8, 4) is 0 Å². The fraction of sp³-hybridized carbons (Fsp3) is 0.529. The third kappa shape index (κ3) is 4.54. The molecule has 134 valence electrons. The highest BCUT2D eigenvalue weighted by Crippen LogP contribution is 2.23. The van der Waals surface area contributed by atoms with Gasteiger partial charge in [-0.05, 0) is 31.4 Å². The van der Waals surface area contributed by atoms with Gasteiger partial charge in [0.1, 0.15) is 0 Å². The Balaban J connectivity index is 1.49. The maximum absolute atomic E-state index is 12.1. The van der Waals surface area contributed by atoms with Gasteiger partial charge in [-0.25, -0.2) is 9.97 Å². The summed E-state index contributed by atoms with van der Waals surface area (Å²) in [5.74, 6) is 0.547. The van der Waals surface area contributed by atoms with Crippen LogP contribution in [0.2, 0.25) is 0 Å². The second-order valence-corrected chi connectivity index (χ2v) is 6.52. The van der Waals surface area contributed by atoms with Crippen molar-refractivity contribution < 1.29 is 9.90 Å². The maximum Gasteiger partial charge on any atom is 0.225 e. The van der Waals surface area contributed by atoms with Crippen LogP contribution >= 0.6 is 0 Å². The summed E-state index contributed by atoms with van der Waals surface area (Å²) < 4.78 is 1.76. The van der Waals surface area contributed by atoms with Gasteiger partial charge in [-0.15, -0.1) is 0 Å². The van der Waals surface area contributed by atoms with Gasteiger partial charge in [0.25, 0.3) is 0 Å². The fourth-order valence-electron chi connectivity index (χ4n) is 3.12. The topological polar surface area (TPSA) is 96.2 Å². The molecule has 0 spiro atoms. The average Bonchev–Trinajstić information content (AvgIpc) is 3.04. The first-order valence-electron chi connectivity index (χ1n) is 8.54. The Bertz CT molecular complexity index is 704. The van der Waals surface area contributed by atoms with Crippen molar-refractivity contribution in [2.24, 2.45) is 7.05 Å². The number of hydrogen-bond acceptors (Lipinski definition) is 6. The van der Waals surface area contributed by atoms with Crippen molar-refractivity contribution >= 4 is 11.9 Å². The number of hydrogen-bond donors (Lipinski definition) is 2. The summed E-state index contributed by atoms with van der Waals surface area (Å²) in [7, 11) is 1.86. The third-order valence-corrected chi connectivity index (χ3v) is 4.54. The first-order valence-corrected chi connectivity index (χ1v) is 8.54. The summed E-state index contributed by atoms with van der Waals surface area (Å²) >= 11 is 0. The van der Waals surface area contributed by atoms with Crippen molar-refractivity contribution in [2.45, 2.75) is 31.3 Å². The van der Waals surface area contributed by atoms with Crippen LogP contribution in [0.25, 0.3) is 0 Å². The van der Waals surface area contributed by atoms with E-state index in [1.54, 1.807) is 29.3 Å². The highest BCUT2D eigenvalue weighted by atomic mass is 16.3. The minimum atomic E-state index is -0.959. The van der Waals surface area contributed by atoms with Crippen LogP contribution in [0, 0.1) is 0 Å². The lowest BCUT2D eigenvalue weighted by Crippen LogP contribution is -2.54. The maximum atomic E-state index is 12.1. The van der Waals surface area contributed by atoms with E-state index in [2.05, 4.69) is 20.4 Å². The van der Waals surface area contributed by atoms with Crippen LogP contribution in [0.3, 0.4) is 0 Å². The minimum absolute atomic E-state index is 0.0669. The second-order valence-electron chi connectivity index (χ2n) is 6.52. The predicted octanol–water partition coefficient (Wildman–Crippen LogP) is 0.290. The fourth-order valence-corrected chi connectivity index (χ4v) is 3.12. The van der Waals surface area contributed by atoms with Gasteiger partial charge in [-0.3, -0.25) is 9.48 Å². The van der Waals surface area contributed by atoms with Crippen molar-refractivity contribution in [3.05, 3.63) is 36.4 Å². The number of aromatic nitrogens is 4. The Hall–Kier alpha value is -2.48. The molecule has 8 heteroatoms. The van der Waals surface area contributed by atoms with Crippen LogP contribution in [-0.4, -0.2) is 56.0 Å². The molecule has 0 radical (unpaired) electrons. The molecule has 3 heterocycles. The number of piperidine rings is 1. The lowest BCUT2D eigenvalue weighted by molar-refractivity contribution is -0.122. The van der Waals surface area contributed by atoms with Gasteiger partial charge >= 0.3 is 0 Å². The monoisotopic (exact) mass is 344 g/mol. The number of β-amino-alcohol motifs (C(OH)–C–C–N with tert-alkyl or cyclic N) is 1. The Kier molecular flexibility index (Phi) is 5.28. The molecule has 25 heavy (non-hydrogen) atoms. The molecular weight excluding hydrogens is 320 g/mol. The first-order chi connectivity index (χ1) is 12.1. The molecule has 0 saturated carbocycles. The van der Waals surface area contributed by atoms with Gasteiger partial charge in [-0.2, -0.15) is 5.10 Å². The van der Waals surface area contributed by atoms with Crippen molar-refractivity contribution in [3.63, 3.8) is 0 Å². The van der Waals surface area contributed by atoms with Crippen molar-refractivity contribution in [2.75, 3.05) is 24.5 Å². The quantitative estimate of drug-likeness (QED) is 0.782. The molecular formula is C17H24N6O2. The van der Waals surface area contributed by atoms with E-state index in [1.807, 2.05) is 18.0 Å². The van der Waals surface area contributed by atoms with Gasteiger partial charge < -0.3 is 15.3 Å². The minimum Gasteiger partial charge on any atom is -0.386 e. The molecule has 3 rings (SSSR count). The SMILES string of the molecule is Cn1nccc1CCC(=O)NC[C@@]1(O)CCCN(c2ncccn2)C1. The van der Waals surface area contributed by atoms with Crippen LogP contribution in [0.15, 0.2) is 30.7 Å². The zero-order chi connectivity index (χ0) is 17.7. The lowest BCUT2D eigenvalue weighted by Gasteiger charge is -2.39. The molecule has 0 aromatic carbocycles. The Labute approximate surface area is 146 Å². The molecule has 1 atom stereocenters. The van der Waals surface area contributed by atoms with E-state index in [0.717, 1.165) is 18.7 Å². The van der Waals surface area contributed by atoms with Gasteiger partial charge in [0.15, 0.2) is 0 Å². The highest BCUT2D eigenvalue weighted by molar-refractivity contribution is 5.76. The molecule has 0 unspecified atom stereocenters. The molecule has 8 nitrogen and oxygen atoms in total. The smallest absolute Gasteiger partial charge is 0.225 e. The predicted molar refractivity (Wildman–Crippen MR) is 93.0 cm³/mol. The van der Waals surface area contributed by atoms with E-state index in [-0.39, 0.29) is 12.5 Å². The highest BCUT2D eigenvalue weighted by Gasteiger charge is 2.34. The molecule has 0 aliphatic carbocycles. The van der Waals surface area contributed by atoms with Crippen LogP contribution in [0.5, 0.6) is 0 Å². The van der Waals surface area contributed by atoms with E-state index in [1.165, 1.54) is 0 Å². The van der Waals surface area contributed by atoms with E-state index in [4.69, 9.17) is 0 Å². The number of anilines is 1. The van der Waals surface area contributed by atoms with E-state index in [0.29, 0.717) is 31.8 Å². The molecule has 0 bridgehead atoms. The third-order valence-electron chi connectivity index (χ3n) is 4.54. The Morgan fingerprint density at radius 2 is 2.16 bits per heavy atom. The number of nitrogens with one attached hydrogen (secondary N) is 1. The zero-order valence-electron chi connectivity index (χ0n) is 14.4. The Morgan fingerprint density at radius 3 is 2.88 bits per heavy atom. The van der Waals surface area contributed by atoms with Gasteiger partial charge in [0, 0.05) is 50.8 Å². The van der Waals surface area contributed by atoms with Crippen molar-refractivity contribution in [1.82, 2.24) is 25.1 Å². The summed E-state index contributed by atoms with van der Waals surface area (Å²) in [5, 5.41) is 17.8. The summed E-state index contributed by atoms with van der Waals surface area (Å²) in [6, 6.07) is 3.67. The van der Waals surface area contributed by atoms with Crippen molar-refractivity contribution in [1.29, 1.82) is 0 Å². The molecule has 1 aliphatic heterocycles.